The molecule has 0 aliphatic carbocycles. The molecule has 4 nitrogen and oxygen atoms in total. The molecule has 2 aromatic rings. The topological polar surface area (TPSA) is 69.6 Å². The summed E-state index contributed by atoms with van der Waals surface area (Å²) in [5.41, 5.74) is 2.10. The third-order valence-corrected chi connectivity index (χ3v) is 5.28. The van der Waals surface area contributed by atoms with Crippen LogP contribution in [-0.2, 0) is 22.0 Å². The molecule has 0 saturated carbocycles. The zero-order valence-electron chi connectivity index (χ0n) is 17.1. The summed E-state index contributed by atoms with van der Waals surface area (Å²) in [4.78, 5) is 12.6. The first-order valence-electron chi connectivity index (χ1n) is 9.05. The highest BCUT2D eigenvalue weighted by Crippen LogP contribution is 2.40. The summed E-state index contributed by atoms with van der Waals surface area (Å²) in [6.45, 7) is 12.2. The van der Waals surface area contributed by atoms with Gasteiger partial charge in [0.05, 0.1) is 16.6 Å². The predicted molar refractivity (Wildman–Crippen MR) is 119 cm³/mol. The van der Waals surface area contributed by atoms with Crippen LogP contribution in [-0.4, -0.2) is 16.1 Å². The molecular formula is C22H27BrClNO3. The van der Waals surface area contributed by atoms with Crippen LogP contribution in [0.1, 0.15) is 58.2 Å². The average molecular weight is 469 g/mol. The van der Waals surface area contributed by atoms with Gasteiger partial charge in [-0.2, -0.15) is 0 Å². The van der Waals surface area contributed by atoms with Crippen molar-refractivity contribution in [3.05, 3.63) is 50.5 Å². The lowest BCUT2D eigenvalue weighted by atomic mass is 9.78. The maximum atomic E-state index is 12.6. The Morgan fingerprint density at radius 2 is 1.46 bits per heavy atom. The Kier molecular flexibility index (Phi) is 6.41. The zero-order valence-corrected chi connectivity index (χ0v) is 19.4. The molecule has 0 unspecified atom stereocenters. The van der Waals surface area contributed by atoms with E-state index in [-0.39, 0.29) is 40.3 Å². The number of rotatable bonds is 3. The fraction of sp³-hybridized carbons (Fsp3) is 0.409. The Hall–Kier alpha value is -1.72. The molecule has 0 aromatic heterocycles. The van der Waals surface area contributed by atoms with Crippen molar-refractivity contribution in [2.75, 3.05) is 5.32 Å². The lowest BCUT2D eigenvalue weighted by Crippen LogP contribution is -2.20. The number of aromatic hydroxyl groups is 2. The van der Waals surface area contributed by atoms with Crippen molar-refractivity contribution in [1.29, 1.82) is 0 Å². The number of phenols is 2. The molecule has 152 valence electrons. The van der Waals surface area contributed by atoms with Gasteiger partial charge < -0.3 is 15.5 Å². The van der Waals surface area contributed by atoms with Gasteiger partial charge >= 0.3 is 0 Å². The van der Waals surface area contributed by atoms with Gasteiger partial charge in [-0.3, -0.25) is 4.79 Å². The molecule has 2 rings (SSSR count). The van der Waals surface area contributed by atoms with Crippen LogP contribution < -0.4 is 5.32 Å². The second kappa shape index (κ2) is 7.96. The molecular weight excluding hydrogens is 442 g/mol. The van der Waals surface area contributed by atoms with E-state index in [1.807, 2.05) is 53.7 Å². The quantitative estimate of drug-likeness (QED) is 0.464. The number of nitrogens with one attached hydrogen (secondary N) is 1. The van der Waals surface area contributed by atoms with E-state index in [1.54, 1.807) is 6.07 Å². The van der Waals surface area contributed by atoms with Crippen LogP contribution in [0.2, 0.25) is 5.02 Å². The van der Waals surface area contributed by atoms with E-state index in [9.17, 15) is 15.0 Å². The number of phenolic OH excluding ortho intramolecular Hbond substituents is 2. The number of halogens is 2. The summed E-state index contributed by atoms with van der Waals surface area (Å²) < 4.78 is 0.407. The minimum atomic E-state index is -0.283. The molecule has 0 saturated heterocycles. The van der Waals surface area contributed by atoms with Gasteiger partial charge in [0.25, 0.3) is 0 Å². The molecule has 28 heavy (non-hydrogen) atoms. The molecule has 0 spiro atoms. The van der Waals surface area contributed by atoms with Gasteiger partial charge in [0.1, 0.15) is 5.75 Å². The summed E-state index contributed by atoms with van der Waals surface area (Å²) in [5.74, 6) is -0.0790. The SMILES string of the molecule is CC(C)(C)c1cc(CC(=O)Nc2cc(Cl)cc(Br)c2O)cc(C(C)(C)C)c1O. The molecule has 0 atom stereocenters. The van der Waals surface area contributed by atoms with Crippen LogP contribution in [0.5, 0.6) is 11.5 Å². The second-order valence-corrected chi connectivity index (χ2v) is 10.3. The van der Waals surface area contributed by atoms with Gasteiger partial charge in [-0.25, -0.2) is 0 Å². The van der Waals surface area contributed by atoms with E-state index in [0.29, 0.717) is 9.50 Å². The molecule has 0 radical (unpaired) electrons. The fourth-order valence-corrected chi connectivity index (χ4v) is 3.79. The highest BCUT2D eigenvalue weighted by atomic mass is 79.9. The largest absolute Gasteiger partial charge is 0.507 e. The van der Waals surface area contributed by atoms with Gasteiger partial charge in [-0.1, -0.05) is 65.3 Å². The van der Waals surface area contributed by atoms with Crippen molar-refractivity contribution in [1.82, 2.24) is 0 Å². The molecule has 6 heteroatoms. The highest BCUT2D eigenvalue weighted by molar-refractivity contribution is 9.10. The smallest absolute Gasteiger partial charge is 0.228 e. The van der Waals surface area contributed by atoms with E-state index in [2.05, 4.69) is 21.2 Å². The van der Waals surface area contributed by atoms with Crippen LogP contribution >= 0.6 is 27.5 Å². The van der Waals surface area contributed by atoms with Crippen molar-refractivity contribution in [2.45, 2.75) is 58.8 Å². The molecule has 0 aliphatic heterocycles. The van der Waals surface area contributed by atoms with Crippen molar-refractivity contribution in [3.8, 4) is 11.5 Å². The number of carbonyl (C=O) groups excluding carboxylic acids is 1. The molecule has 0 bridgehead atoms. The van der Waals surface area contributed by atoms with Crippen LogP contribution in [0, 0.1) is 0 Å². The minimum absolute atomic E-state index is 0.0748. The van der Waals surface area contributed by atoms with Gasteiger partial charge in [-0.05, 0) is 55.6 Å². The standard InChI is InChI=1S/C22H27BrClNO3/c1-21(2,3)14-7-12(8-15(19(14)27)22(4,5)6)9-18(26)25-17-11-13(24)10-16(23)20(17)28/h7-8,10-11,27-28H,9H2,1-6H3,(H,25,26). The van der Waals surface area contributed by atoms with Crippen LogP contribution in [0.3, 0.4) is 0 Å². The fourth-order valence-electron chi connectivity index (χ4n) is 2.98. The highest BCUT2D eigenvalue weighted by Gasteiger charge is 2.27. The van der Waals surface area contributed by atoms with E-state index in [1.165, 1.54) is 6.07 Å². The zero-order chi connectivity index (χ0) is 21.4. The predicted octanol–water partition coefficient (Wildman–Crippen LogP) is 6.29. The van der Waals surface area contributed by atoms with Gasteiger partial charge in [-0.15, -0.1) is 0 Å². The molecule has 0 heterocycles. The van der Waals surface area contributed by atoms with E-state index in [0.717, 1.165) is 16.7 Å². The lowest BCUT2D eigenvalue weighted by molar-refractivity contribution is -0.115. The van der Waals surface area contributed by atoms with Crippen molar-refractivity contribution in [3.63, 3.8) is 0 Å². The molecule has 3 N–H and O–H groups in total. The first-order valence-corrected chi connectivity index (χ1v) is 10.2. The summed E-state index contributed by atoms with van der Waals surface area (Å²) >= 11 is 9.22. The maximum absolute atomic E-state index is 12.6. The molecule has 2 aromatic carbocycles. The normalized spacial score (nSPS) is 12.1. The number of hydrogen-bond donors (Lipinski definition) is 3. The number of hydrogen-bond acceptors (Lipinski definition) is 3. The first kappa shape index (κ1) is 22.6. The first-order chi connectivity index (χ1) is 12.7. The Balaban J connectivity index is 2.39. The second-order valence-electron chi connectivity index (χ2n) is 9.05. The Morgan fingerprint density at radius 3 is 1.93 bits per heavy atom. The lowest BCUT2D eigenvalue weighted by Gasteiger charge is -2.28. The number of amides is 1. The minimum Gasteiger partial charge on any atom is -0.507 e. The van der Waals surface area contributed by atoms with Gasteiger partial charge in [0, 0.05) is 5.02 Å². The maximum Gasteiger partial charge on any atom is 0.228 e. The van der Waals surface area contributed by atoms with Crippen molar-refractivity contribution < 1.29 is 15.0 Å². The van der Waals surface area contributed by atoms with Crippen LogP contribution in [0.25, 0.3) is 0 Å². The molecule has 0 fully saturated rings. The number of carbonyl (C=O) groups is 1. The summed E-state index contributed by atoms with van der Waals surface area (Å²) in [5, 5.41) is 24.0. The Labute approximate surface area is 180 Å². The van der Waals surface area contributed by atoms with Gasteiger partial charge in [0.15, 0.2) is 5.75 Å². The van der Waals surface area contributed by atoms with E-state index >= 15 is 0 Å². The van der Waals surface area contributed by atoms with Crippen molar-refractivity contribution >= 4 is 39.1 Å². The summed E-state index contributed by atoms with van der Waals surface area (Å²) in [7, 11) is 0. The molecule has 1 amide bonds. The average Bonchev–Trinajstić information content (AvgIpc) is 2.51. The monoisotopic (exact) mass is 467 g/mol. The number of anilines is 1. The Bertz CT molecular complexity index is 876. The molecule has 0 aliphatic rings. The summed E-state index contributed by atoms with van der Waals surface area (Å²) in [6, 6.07) is 6.80. The van der Waals surface area contributed by atoms with E-state index < -0.39 is 0 Å². The van der Waals surface area contributed by atoms with E-state index in [4.69, 9.17) is 11.6 Å². The Morgan fingerprint density at radius 1 is 0.964 bits per heavy atom. The van der Waals surface area contributed by atoms with Crippen molar-refractivity contribution in [2.24, 2.45) is 0 Å². The third-order valence-electron chi connectivity index (χ3n) is 4.45. The summed E-state index contributed by atoms with van der Waals surface area (Å²) in [6.07, 6.45) is 0.107. The van der Waals surface area contributed by atoms with Gasteiger partial charge in [0.2, 0.25) is 5.91 Å². The third kappa shape index (κ3) is 5.21. The number of benzene rings is 2. The van der Waals surface area contributed by atoms with Crippen LogP contribution in [0.4, 0.5) is 5.69 Å². The van der Waals surface area contributed by atoms with Crippen LogP contribution in [0.15, 0.2) is 28.7 Å².